The highest BCUT2D eigenvalue weighted by atomic mass is 35.5. The topological polar surface area (TPSA) is 76.7 Å². The predicted octanol–water partition coefficient (Wildman–Crippen LogP) is 3.89. The van der Waals surface area contributed by atoms with Crippen LogP contribution in [0.5, 0.6) is 0 Å². The summed E-state index contributed by atoms with van der Waals surface area (Å²) in [5, 5.41) is 20.8. The lowest BCUT2D eigenvalue weighted by atomic mass is 9.86. The maximum absolute atomic E-state index is 15.6. The van der Waals surface area contributed by atoms with Crippen LogP contribution >= 0.6 is 22.9 Å². The second kappa shape index (κ2) is 7.01. The minimum Gasteiger partial charge on any atom is -0.377 e. The predicted molar refractivity (Wildman–Crippen MR) is 96.6 cm³/mol. The third-order valence-electron chi connectivity index (χ3n) is 4.30. The number of fused-ring (bicyclic) bond motifs is 1. The van der Waals surface area contributed by atoms with E-state index in [0.29, 0.717) is 27.1 Å². The Balaban J connectivity index is 1.90. The fraction of sp³-hybridized carbons (Fsp3) is 0.176. The summed E-state index contributed by atoms with van der Waals surface area (Å²) in [6.07, 6.45) is 0.987. The van der Waals surface area contributed by atoms with E-state index in [2.05, 4.69) is 20.5 Å². The average molecular weight is 444 g/mol. The summed E-state index contributed by atoms with van der Waals surface area (Å²) in [6.45, 7) is -0.910. The molecule has 150 valence electrons. The van der Waals surface area contributed by atoms with Gasteiger partial charge in [-0.25, -0.2) is 18.4 Å². The molecule has 0 radical (unpaired) electrons. The van der Waals surface area contributed by atoms with Gasteiger partial charge in [0.15, 0.2) is 10.6 Å². The standard InChI is InChI=1S/C17H10ClF4N5OS/c18-9-1-4-13-14(5-9)29-15(24-13)17(21,22)16(28,7-27-8-23-25-26-27)11-3-2-10(19)6-12(11)20/h1-6,8,28H,7H2. The lowest BCUT2D eigenvalue weighted by molar-refractivity contribution is -0.205. The third kappa shape index (κ3) is 3.34. The van der Waals surface area contributed by atoms with Crippen molar-refractivity contribution in [2.75, 3.05) is 0 Å². The molecule has 1 unspecified atom stereocenters. The molecule has 12 heteroatoms. The normalized spacial score (nSPS) is 14.3. The van der Waals surface area contributed by atoms with Crippen LogP contribution in [0.4, 0.5) is 17.6 Å². The van der Waals surface area contributed by atoms with Gasteiger partial charge in [-0.2, -0.15) is 8.78 Å². The Labute approximate surface area is 169 Å². The molecule has 0 saturated heterocycles. The summed E-state index contributed by atoms with van der Waals surface area (Å²) in [4.78, 5) is 3.89. The molecule has 4 rings (SSSR count). The zero-order chi connectivity index (χ0) is 20.8. The summed E-state index contributed by atoms with van der Waals surface area (Å²) in [5.74, 6) is -6.41. The van der Waals surface area contributed by atoms with Gasteiger partial charge < -0.3 is 5.11 Å². The molecular formula is C17H10ClF4N5OS. The number of aromatic nitrogens is 5. The fourth-order valence-electron chi connectivity index (χ4n) is 2.88. The van der Waals surface area contributed by atoms with Crippen molar-refractivity contribution in [3.8, 4) is 0 Å². The van der Waals surface area contributed by atoms with E-state index >= 15 is 8.78 Å². The quantitative estimate of drug-likeness (QED) is 0.473. The molecule has 2 aromatic carbocycles. The van der Waals surface area contributed by atoms with Crippen molar-refractivity contribution in [3.05, 3.63) is 70.0 Å². The maximum Gasteiger partial charge on any atom is 0.332 e. The van der Waals surface area contributed by atoms with E-state index in [9.17, 15) is 13.9 Å². The first-order valence-electron chi connectivity index (χ1n) is 8.04. The zero-order valence-electron chi connectivity index (χ0n) is 14.2. The molecule has 6 nitrogen and oxygen atoms in total. The SMILES string of the molecule is OC(Cn1cnnn1)(c1ccc(F)cc1F)C(F)(F)c1nc2ccc(Cl)cc2s1. The van der Waals surface area contributed by atoms with Crippen molar-refractivity contribution < 1.29 is 22.7 Å². The fourth-order valence-corrected chi connectivity index (χ4v) is 4.17. The van der Waals surface area contributed by atoms with Gasteiger partial charge in [0.1, 0.15) is 18.0 Å². The monoisotopic (exact) mass is 443 g/mol. The van der Waals surface area contributed by atoms with Gasteiger partial charge in [-0.05, 0) is 40.8 Å². The van der Waals surface area contributed by atoms with Crippen molar-refractivity contribution in [1.82, 2.24) is 25.2 Å². The molecular weight excluding hydrogens is 434 g/mol. The van der Waals surface area contributed by atoms with E-state index in [1.54, 1.807) is 0 Å². The highest BCUT2D eigenvalue weighted by Crippen LogP contribution is 2.49. The average Bonchev–Trinajstić information content (AvgIpc) is 3.30. The number of nitrogens with zero attached hydrogens (tertiary/aromatic N) is 5. The van der Waals surface area contributed by atoms with E-state index in [0.717, 1.165) is 23.1 Å². The molecule has 0 bridgehead atoms. The van der Waals surface area contributed by atoms with Crippen LogP contribution in [0.1, 0.15) is 10.6 Å². The Morgan fingerprint density at radius 1 is 1.14 bits per heavy atom. The summed E-state index contributed by atoms with van der Waals surface area (Å²) in [6, 6.07) is 6.33. The second-order valence-corrected chi connectivity index (χ2v) is 7.66. The number of aliphatic hydroxyl groups is 1. The number of halogens is 5. The van der Waals surface area contributed by atoms with Crippen molar-refractivity contribution in [1.29, 1.82) is 0 Å². The van der Waals surface area contributed by atoms with E-state index in [-0.39, 0.29) is 5.52 Å². The van der Waals surface area contributed by atoms with Crippen LogP contribution in [-0.2, 0) is 18.1 Å². The summed E-state index contributed by atoms with van der Waals surface area (Å²) < 4.78 is 60.2. The van der Waals surface area contributed by atoms with Gasteiger partial charge in [-0.3, -0.25) is 0 Å². The van der Waals surface area contributed by atoms with Crippen molar-refractivity contribution >= 4 is 33.2 Å². The number of hydrogen-bond donors (Lipinski definition) is 1. The molecule has 0 saturated carbocycles. The first kappa shape index (κ1) is 19.7. The molecule has 0 spiro atoms. The molecule has 1 N–H and O–H groups in total. The first-order chi connectivity index (χ1) is 13.7. The first-order valence-corrected chi connectivity index (χ1v) is 9.23. The molecule has 0 aliphatic carbocycles. The Morgan fingerprint density at radius 3 is 2.62 bits per heavy atom. The second-order valence-electron chi connectivity index (χ2n) is 6.20. The van der Waals surface area contributed by atoms with Crippen molar-refractivity contribution in [2.45, 2.75) is 18.1 Å². The number of rotatable bonds is 5. The number of tetrazole rings is 1. The molecule has 0 fully saturated rings. The minimum absolute atomic E-state index is 0.235. The van der Waals surface area contributed by atoms with Crippen LogP contribution < -0.4 is 0 Å². The molecule has 2 heterocycles. The van der Waals surface area contributed by atoms with Crippen LogP contribution in [-0.4, -0.2) is 30.3 Å². The van der Waals surface area contributed by atoms with Crippen molar-refractivity contribution in [2.24, 2.45) is 0 Å². The number of benzene rings is 2. The van der Waals surface area contributed by atoms with E-state index < -0.39 is 40.3 Å². The molecule has 4 aromatic rings. The van der Waals surface area contributed by atoms with Gasteiger partial charge in [0, 0.05) is 16.7 Å². The lowest BCUT2D eigenvalue weighted by Gasteiger charge is -2.34. The van der Waals surface area contributed by atoms with Crippen LogP contribution in [0.25, 0.3) is 10.2 Å². The van der Waals surface area contributed by atoms with Crippen LogP contribution in [0.15, 0.2) is 42.7 Å². The molecule has 1 atom stereocenters. The third-order valence-corrected chi connectivity index (χ3v) is 5.62. The number of hydrogen-bond acceptors (Lipinski definition) is 6. The molecule has 0 aliphatic rings. The summed E-state index contributed by atoms with van der Waals surface area (Å²) >= 11 is 6.49. The Morgan fingerprint density at radius 2 is 1.93 bits per heavy atom. The Bertz CT molecular complexity index is 1190. The minimum atomic E-state index is -4.09. The highest BCUT2D eigenvalue weighted by molar-refractivity contribution is 7.18. The lowest BCUT2D eigenvalue weighted by Crippen LogP contribution is -2.47. The van der Waals surface area contributed by atoms with Crippen molar-refractivity contribution in [3.63, 3.8) is 0 Å². The molecule has 0 aliphatic heterocycles. The summed E-state index contributed by atoms with van der Waals surface area (Å²) in [7, 11) is 0. The zero-order valence-corrected chi connectivity index (χ0v) is 15.8. The van der Waals surface area contributed by atoms with Gasteiger partial charge in [-0.15, -0.1) is 16.4 Å². The van der Waals surface area contributed by atoms with Gasteiger partial charge >= 0.3 is 5.92 Å². The van der Waals surface area contributed by atoms with Crippen LogP contribution in [0, 0.1) is 11.6 Å². The van der Waals surface area contributed by atoms with Crippen LogP contribution in [0.2, 0.25) is 5.02 Å². The number of thiazole rings is 1. The summed E-state index contributed by atoms with van der Waals surface area (Å²) in [5.41, 5.74) is -3.76. The largest absolute Gasteiger partial charge is 0.377 e. The van der Waals surface area contributed by atoms with Gasteiger partial charge in [-0.1, -0.05) is 11.6 Å². The highest BCUT2D eigenvalue weighted by Gasteiger charge is 2.59. The van der Waals surface area contributed by atoms with Gasteiger partial charge in [0.25, 0.3) is 0 Å². The van der Waals surface area contributed by atoms with E-state index in [1.807, 2.05) is 0 Å². The molecule has 2 aromatic heterocycles. The molecule has 0 amide bonds. The van der Waals surface area contributed by atoms with Gasteiger partial charge in [0.05, 0.1) is 16.8 Å². The van der Waals surface area contributed by atoms with Crippen LogP contribution in [0.3, 0.4) is 0 Å². The maximum atomic E-state index is 15.6. The molecule has 29 heavy (non-hydrogen) atoms. The number of alkyl halides is 2. The smallest absolute Gasteiger partial charge is 0.332 e. The van der Waals surface area contributed by atoms with E-state index in [4.69, 9.17) is 11.6 Å². The Hall–Kier alpha value is -2.63. The Kier molecular flexibility index (Phi) is 4.75. The van der Waals surface area contributed by atoms with Gasteiger partial charge in [0.2, 0.25) is 0 Å². The van der Waals surface area contributed by atoms with E-state index in [1.165, 1.54) is 18.2 Å².